The average molecular weight is 226 g/mol. The van der Waals surface area contributed by atoms with Gasteiger partial charge in [0.05, 0.1) is 6.26 Å². The highest BCUT2D eigenvalue weighted by Gasteiger charge is 2.05. The van der Waals surface area contributed by atoms with Crippen LogP contribution in [0.4, 0.5) is 0 Å². The zero-order valence-electron chi connectivity index (χ0n) is 9.47. The maximum atomic E-state index is 5.32. The molecule has 0 radical (unpaired) electrons. The minimum absolute atomic E-state index is 0.396. The van der Waals surface area contributed by atoms with Crippen molar-refractivity contribution in [2.24, 2.45) is 4.99 Å². The van der Waals surface area contributed by atoms with Crippen LogP contribution in [0, 0.1) is 0 Å². The van der Waals surface area contributed by atoms with Crippen LogP contribution in [0.25, 0.3) is 11.0 Å². The SMILES string of the molecule is C1=CC(NCc2ccc3occc3c2)CC=N1. The predicted octanol–water partition coefficient (Wildman–Crippen LogP) is 2.88. The first kappa shape index (κ1) is 10.3. The average Bonchev–Trinajstić information content (AvgIpc) is 2.85. The van der Waals surface area contributed by atoms with Crippen LogP contribution in [-0.2, 0) is 6.54 Å². The normalized spacial score (nSPS) is 18.9. The lowest BCUT2D eigenvalue weighted by molar-refractivity contribution is 0.605. The second-order valence-electron chi connectivity index (χ2n) is 4.19. The zero-order chi connectivity index (χ0) is 11.5. The number of fused-ring (bicyclic) bond motifs is 1. The van der Waals surface area contributed by atoms with E-state index in [1.807, 2.05) is 24.5 Å². The molecule has 0 saturated carbocycles. The van der Waals surface area contributed by atoms with E-state index in [4.69, 9.17) is 4.42 Å². The number of furan rings is 1. The Morgan fingerprint density at radius 2 is 2.35 bits per heavy atom. The minimum Gasteiger partial charge on any atom is -0.464 e. The van der Waals surface area contributed by atoms with E-state index in [1.165, 1.54) is 5.56 Å². The summed E-state index contributed by atoms with van der Waals surface area (Å²) in [6.07, 6.45) is 8.57. The molecule has 17 heavy (non-hydrogen) atoms. The lowest BCUT2D eigenvalue weighted by atomic mass is 10.1. The molecule has 2 heterocycles. The summed E-state index contributed by atoms with van der Waals surface area (Å²) in [6, 6.07) is 8.66. The molecule has 1 unspecified atom stereocenters. The van der Waals surface area contributed by atoms with Gasteiger partial charge in [-0.2, -0.15) is 0 Å². The number of rotatable bonds is 3. The summed E-state index contributed by atoms with van der Waals surface area (Å²) in [4.78, 5) is 4.06. The van der Waals surface area contributed by atoms with Crippen molar-refractivity contribution < 1.29 is 4.42 Å². The molecule has 3 nitrogen and oxygen atoms in total. The summed E-state index contributed by atoms with van der Waals surface area (Å²) >= 11 is 0. The molecule has 86 valence electrons. The Kier molecular flexibility index (Phi) is 2.76. The summed E-state index contributed by atoms with van der Waals surface area (Å²) < 4.78 is 5.32. The summed E-state index contributed by atoms with van der Waals surface area (Å²) in [5.74, 6) is 0. The van der Waals surface area contributed by atoms with E-state index in [-0.39, 0.29) is 0 Å². The van der Waals surface area contributed by atoms with Crippen LogP contribution in [0.15, 0.2) is 52.2 Å². The molecular formula is C14H14N2O. The number of hydrogen-bond acceptors (Lipinski definition) is 3. The first-order valence-electron chi connectivity index (χ1n) is 5.80. The fraction of sp³-hybridized carbons (Fsp3) is 0.214. The van der Waals surface area contributed by atoms with Crippen LogP contribution in [0.2, 0.25) is 0 Å². The third-order valence-electron chi connectivity index (χ3n) is 2.95. The first-order valence-corrected chi connectivity index (χ1v) is 5.80. The second-order valence-corrected chi connectivity index (χ2v) is 4.19. The van der Waals surface area contributed by atoms with E-state index < -0.39 is 0 Å². The van der Waals surface area contributed by atoms with Gasteiger partial charge in [0.1, 0.15) is 5.58 Å². The molecule has 0 amide bonds. The predicted molar refractivity (Wildman–Crippen MR) is 69.1 cm³/mol. The van der Waals surface area contributed by atoms with E-state index in [9.17, 15) is 0 Å². The molecule has 2 aromatic rings. The molecular weight excluding hydrogens is 212 g/mol. The highest BCUT2D eigenvalue weighted by atomic mass is 16.3. The van der Waals surface area contributed by atoms with Gasteiger partial charge in [0.25, 0.3) is 0 Å². The Labute approximate surface area is 99.8 Å². The Morgan fingerprint density at radius 1 is 1.35 bits per heavy atom. The fourth-order valence-electron chi connectivity index (χ4n) is 1.99. The largest absolute Gasteiger partial charge is 0.464 e. The molecule has 0 fully saturated rings. The minimum atomic E-state index is 0.396. The Balaban J connectivity index is 1.68. The van der Waals surface area contributed by atoms with E-state index in [0.717, 1.165) is 23.9 Å². The number of benzene rings is 1. The lowest BCUT2D eigenvalue weighted by Gasteiger charge is -2.14. The molecule has 0 aliphatic carbocycles. The zero-order valence-corrected chi connectivity index (χ0v) is 9.47. The van der Waals surface area contributed by atoms with Gasteiger partial charge in [-0.05, 0) is 29.8 Å². The van der Waals surface area contributed by atoms with Crippen molar-refractivity contribution in [1.82, 2.24) is 5.32 Å². The molecule has 0 spiro atoms. The highest BCUT2D eigenvalue weighted by molar-refractivity contribution is 5.77. The van der Waals surface area contributed by atoms with Gasteiger partial charge in [-0.15, -0.1) is 0 Å². The first-order chi connectivity index (χ1) is 8.42. The van der Waals surface area contributed by atoms with Crippen LogP contribution in [-0.4, -0.2) is 12.3 Å². The number of nitrogens with zero attached hydrogens (tertiary/aromatic N) is 1. The van der Waals surface area contributed by atoms with Crippen LogP contribution in [0.1, 0.15) is 12.0 Å². The molecule has 1 atom stereocenters. The monoisotopic (exact) mass is 226 g/mol. The van der Waals surface area contributed by atoms with E-state index >= 15 is 0 Å². The number of aliphatic imine (C=N–C) groups is 1. The molecule has 1 aromatic heterocycles. The second kappa shape index (κ2) is 4.55. The lowest BCUT2D eigenvalue weighted by Crippen LogP contribution is -2.27. The van der Waals surface area contributed by atoms with Gasteiger partial charge >= 0.3 is 0 Å². The Hall–Kier alpha value is -1.87. The van der Waals surface area contributed by atoms with Crippen LogP contribution >= 0.6 is 0 Å². The maximum absolute atomic E-state index is 5.32. The summed E-state index contributed by atoms with van der Waals surface area (Å²) in [5.41, 5.74) is 2.22. The highest BCUT2D eigenvalue weighted by Crippen LogP contribution is 2.17. The molecule has 1 aromatic carbocycles. The summed E-state index contributed by atoms with van der Waals surface area (Å²) in [6.45, 7) is 0.865. The van der Waals surface area contributed by atoms with Gasteiger partial charge in [0.2, 0.25) is 0 Å². The van der Waals surface area contributed by atoms with Gasteiger partial charge in [0, 0.05) is 36.8 Å². The van der Waals surface area contributed by atoms with Gasteiger partial charge < -0.3 is 9.73 Å². The van der Waals surface area contributed by atoms with Gasteiger partial charge in [-0.3, -0.25) is 4.99 Å². The summed E-state index contributed by atoms with van der Waals surface area (Å²) in [7, 11) is 0. The molecule has 0 bridgehead atoms. The number of nitrogens with one attached hydrogen (secondary N) is 1. The Bertz CT molecular complexity index is 568. The number of hydrogen-bond donors (Lipinski definition) is 1. The van der Waals surface area contributed by atoms with Crippen molar-refractivity contribution in [2.75, 3.05) is 0 Å². The quantitative estimate of drug-likeness (QED) is 0.873. The van der Waals surface area contributed by atoms with Crippen molar-refractivity contribution in [3.8, 4) is 0 Å². The third-order valence-corrected chi connectivity index (χ3v) is 2.95. The fourth-order valence-corrected chi connectivity index (χ4v) is 1.99. The molecule has 1 aliphatic heterocycles. The van der Waals surface area contributed by atoms with Crippen LogP contribution < -0.4 is 5.32 Å². The summed E-state index contributed by atoms with van der Waals surface area (Å²) in [5, 5.41) is 4.64. The van der Waals surface area contributed by atoms with Crippen molar-refractivity contribution in [3.05, 3.63) is 48.4 Å². The van der Waals surface area contributed by atoms with E-state index in [1.54, 1.807) is 6.26 Å². The maximum Gasteiger partial charge on any atom is 0.133 e. The standard InChI is InChI=1S/C14H14N2O/c1-2-14-12(5-8-17-14)9-11(1)10-16-13-3-6-15-7-4-13/h1-3,5-9,13,16H,4,10H2. The van der Waals surface area contributed by atoms with Gasteiger partial charge in [-0.25, -0.2) is 0 Å². The smallest absolute Gasteiger partial charge is 0.133 e. The van der Waals surface area contributed by atoms with Gasteiger partial charge in [-0.1, -0.05) is 6.07 Å². The molecule has 0 saturated heterocycles. The molecule has 1 aliphatic rings. The molecule has 3 rings (SSSR count). The third kappa shape index (κ3) is 2.29. The van der Waals surface area contributed by atoms with Crippen LogP contribution in [0.5, 0.6) is 0 Å². The van der Waals surface area contributed by atoms with E-state index in [0.29, 0.717) is 6.04 Å². The van der Waals surface area contributed by atoms with Crippen molar-refractivity contribution in [1.29, 1.82) is 0 Å². The molecule has 3 heteroatoms. The van der Waals surface area contributed by atoms with E-state index in [2.05, 4.69) is 28.5 Å². The molecule has 1 N–H and O–H groups in total. The van der Waals surface area contributed by atoms with Gasteiger partial charge in [0.15, 0.2) is 0 Å². The van der Waals surface area contributed by atoms with Crippen molar-refractivity contribution in [3.63, 3.8) is 0 Å². The Morgan fingerprint density at radius 3 is 3.24 bits per heavy atom. The van der Waals surface area contributed by atoms with Crippen molar-refractivity contribution >= 4 is 17.2 Å². The topological polar surface area (TPSA) is 37.5 Å². The van der Waals surface area contributed by atoms with Crippen LogP contribution in [0.3, 0.4) is 0 Å². The van der Waals surface area contributed by atoms with Crippen molar-refractivity contribution in [2.45, 2.75) is 19.0 Å².